The first-order valence-corrected chi connectivity index (χ1v) is 6.32. The molecule has 2 rings (SSSR count). The van der Waals surface area contributed by atoms with Crippen LogP contribution in [0.2, 0.25) is 0 Å². The van der Waals surface area contributed by atoms with E-state index in [-0.39, 0.29) is 17.8 Å². The predicted octanol–water partition coefficient (Wildman–Crippen LogP) is 2.16. The summed E-state index contributed by atoms with van der Waals surface area (Å²) in [4.78, 5) is 13.6. The normalized spacial score (nSPS) is 18.4. The lowest BCUT2D eigenvalue weighted by Crippen LogP contribution is -2.35. The first-order chi connectivity index (χ1) is 9.45. The van der Waals surface area contributed by atoms with Crippen LogP contribution in [-0.4, -0.2) is 36.7 Å². The van der Waals surface area contributed by atoms with E-state index < -0.39 is 6.61 Å². The number of halogens is 2. The highest BCUT2D eigenvalue weighted by atomic mass is 19.3. The molecule has 110 valence electrons. The zero-order valence-corrected chi connectivity index (χ0v) is 11.1. The van der Waals surface area contributed by atoms with Crippen LogP contribution in [0.25, 0.3) is 0 Å². The van der Waals surface area contributed by atoms with Crippen LogP contribution in [0.5, 0.6) is 5.75 Å². The quantitative estimate of drug-likeness (QED) is 0.894. The van der Waals surface area contributed by atoms with Gasteiger partial charge in [0.1, 0.15) is 5.75 Å². The van der Waals surface area contributed by atoms with Crippen molar-refractivity contribution in [3.8, 4) is 5.75 Å². The molecular weight excluding hydrogens is 268 g/mol. The van der Waals surface area contributed by atoms with Crippen molar-refractivity contribution in [2.24, 2.45) is 5.73 Å². The van der Waals surface area contributed by atoms with Gasteiger partial charge in [-0.3, -0.25) is 0 Å². The topological polar surface area (TPSA) is 67.6 Å². The molecule has 3 N–H and O–H groups in total. The van der Waals surface area contributed by atoms with Gasteiger partial charge < -0.3 is 20.7 Å². The van der Waals surface area contributed by atoms with Gasteiger partial charge in [-0.15, -0.1) is 0 Å². The summed E-state index contributed by atoms with van der Waals surface area (Å²) < 4.78 is 28.5. The molecule has 1 saturated heterocycles. The van der Waals surface area contributed by atoms with Crippen LogP contribution in [0, 0.1) is 6.92 Å². The Hall–Kier alpha value is -1.89. The summed E-state index contributed by atoms with van der Waals surface area (Å²) in [6, 6.07) is 4.18. The maximum atomic E-state index is 12.1. The number of nitrogens with zero attached hydrogens (tertiary/aromatic N) is 1. The second-order valence-electron chi connectivity index (χ2n) is 4.78. The van der Waals surface area contributed by atoms with Gasteiger partial charge in [0.2, 0.25) is 0 Å². The number of hydrogen-bond acceptors (Lipinski definition) is 3. The molecule has 0 aliphatic carbocycles. The molecule has 0 saturated carbocycles. The molecule has 1 unspecified atom stereocenters. The standard InChI is InChI=1S/C13H17F2N3O2/c1-8-6-10(20-12(14)15)2-3-11(8)17-13(19)18-5-4-9(16)7-18/h2-3,6,9,12H,4-5,7,16H2,1H3,(H,17,19). The highest BCUT2D eigenvalue weighted by molar-refractivity contribution is 5.90. The first kappa shape index (κ1) is 14.5. The monoisotopic (exact) mass is 285 g/mol. The van der Waals surface area contributed by atoms with E-state index in [2.05, 4.69) is 10.1 Å². The summed E-state index contributed by atoms with van der Waals surface area (Å²) in [6.45, 7) is 0.000605. The number of anilines is 1. The van der Waals surface area contributed by atoms with Crippen molar-refractivity contribution in [1.82, 2.24) is 4.90 Å². The molecule has 1 aliphatic heterocycles. The molecule has 20 heavy (non-hydrogen) atoms. The summed E-state index contributed by atoms with van der Waals surface area (Å²) in [7, 11) is 0. The minimum atomic E-state index is -2.86. The second kappa shape index (κ2) is 6.04. The number of nitrogens with two attached hydrogens (primary N) is 1. The number of carbonyl (C=O) groups is 1. The molecule has 1 fully saturated rings. The molecule has 1 atom stereocenters. The fourth-order valence-electron chi connectivity index (χ4n) is 2.12. The molecule has 1 aromatic rings. The number of alkyl halides is 2. The van der Waals surface area contributed by atoms with E-state index in [9.17, 15) is 13.6 Å². The number of nitrogens with one attached hydrogen (secondary N) is 1. The van der Waals surface area contributed by atoms with E-state index in [0.717, 1.165) is 6.42 Å². The summed E-state index contributed by atoms with van der Waals surface area (Å²) in [5.74, 6) is 0.0682. The van der Waals surface area contributed by atoms with E-state index in [1.165, 1.54) is 12.1 Å². The van der Waals surface area contributed by atoms with E-state index in [0.29, 0.717) is 24.3 Å². The summed E-state index contributed by atoms with van der Waals surface area (Å²) >= 11 is 0. The Balaban J connectivity index is 2.00. The van der Waals surface area contributed by atoms with Crippen LogP contribution in [0.15, 0.2) is 18.2 Å². The van der Waals surface area contributed by atoms with Gasteiger partial charge in [-0.2, -0.15) is 8.78 Å². The van der Waals surface area contributed by atoms with Gasteiger partial charge in [0.25, 0.3) is 0 Å². The number of carbonyl (C=O) groups excluding carboxylic acids is 1. The zero-order valence-electron chi connectivity index (χ0n) is 11.1. The van der Waals surface area contributed by atoms with E-state index >= 15 is 0 Å². The SMILES string of the molecule is Cc1cc(OC(F)F)ccc1NC(=O)N1CCC(N)C1. The van der Waals surface area contributed by atoms with Gasteiger partial charge in [0, 0.05) is 24.8 Å². The fraction of sp³-hybridized carbons (Fsp3) is 0.462. The lowest BCUT2D eigenvalue weighted by molar-refractivity contribution is -0.0498. The smallest absolute Gasteiger partial charge is 0.387 e. The third-order valence-corrected chi connectivity index (χ3v) is 3.18. The van der Waals surface area contributed by atoms with Crippen LogP contribution >= 0.6 is 0 Å². The van der Waals surface area contributed by atoms with Gasteiger partial charge in [0.05, 0.1) is 0 Å². The Morgan fingerprint density at radius 1 is 1.55 bits per heavy atom. The molecule has 1 heterocycles. The second-order valence-corrected chi connectivity index (χ2v) is 4.78. The molecule has 1 aliphatic rings. The summed E-state index contributed by atoms with van der Waals surface area (Å²) in [6.07, 6.45) is 0.785. The number of urea groups is 1. The Morgan fingerprint density at radius 2 is 2.30 bits per heavy atom. The van der Waals surface area contributed by atoms with Crippen molar-refractivity contribution >= 4 is 11.7 Å². The van der Waals surface area contributed by atoms with Gasteiger partial charge in [-0.25, -0.2) is 4.79 Å². The highest BCUT2D eigenvalue weighted by Gasteiger charge is 2.23. The summed E-state index contributed by atoms with van der Waals surface area (Å²) in [5, 5.41) is 2.74. The molecule has 1 aromatic carbocycles. The third-order valence-electron chi connectivity index (χ3n) is 3.18. The van der Waals surface area contributed by atoms with Crippen LogP contribution in [0.1, 0.15) is 12.0 Å². The fourth-order valence-corrected chi connectivity index (χ4v) is 2.12. The van der Waals surface area contributed by atoms with E-state index in [4.69, 9.17) is 5.73 Å². The molecule has 5 nitrogen and oxygen atoms in total. The average Bonchev–Trinajstić information content (AvgIpc) is 2.78. The average molecular weight is 285 g/mol. The number of benzene rings is 1. The van der Waals surface area contributed by atoms with Gasteiger partial charge in [-0.1, -0.05) is 0 Å². The molecular formula is C13H17F2N3O2. The Bertz CT molecular complexity index is 497. The molecule has 7 heteroatoms. The van der Waals surface area contributed by atoms with Crippen LogP contribution < -0.4 is 15.8 Å². The number of ether oxygens (including phenoxy) is 1. The summed E-state index contributed by atoms with van der Waals surface area (Å²) in [5.41, 5.74) is 6.96. The Kier molecular flexibility index (Phi) is 4.39. The van der Waals surface area contributed by atoms with Gasteiger partial charge in [-0.05, 0) is 37.1 Å². The number of hydrogen-bond donors (Lipinski definition) is 2. The van der Waals surface area contributed by atoms with Crippen molar-refractivity contribution in [2.75, 3.05) is 18.4 Å². The van der Waals surface area contributed by atoms with E-state index in [1.807, 2.05) is 0 Å². The van der Waals surface area contributed by atoms with Crippen LogP contribution in [0.4, 0.5) is 19.3 Å². The number of likely N-dealkylation sites (tertiary alicyclic amines) is 1. The number of amides is 2. The minimum absolute atomic E-state index is 0.0173. The lowest BCUT2D eigenvalue weighted by atomic mass is 10.2. The third kappa shape index (κ3) is 3.57. The van der Waals surface area contributed by atoms with Crippen LogP contribution in [0.3, 0.4) is 0 Å². The van der Waals surface area contributed by atoms with Crippen molar-refractivity contribution < 1.29 is 18.3 Å². The maximum absolute atomic E-state index is 12.1. The van der Waals surface area contributed by atoms with Crippen molar-refractivity contribution in [2.45, 2.75) is 26.0 Å². The minimum Gasteiger partial charge on any atom is -0.435 e. The van der Waals surface area contributed by atoms with Gasteiger partial charge >= 0.3 is 12.6 Å². The lowest BCUT2D eigenvalue weighted by Gasteiger charge is -2.18. The molecule has 0 radical (unpaired) electrons. The van der Waals surface area contributed by atoms with Gasteiger partial charge in [0.15, 0.2) is 0 Å². The first-order valence-electron chi connectivity index (χ1n) is 6.32. The van der Waals surface area contributed by atoms with E-state index in [1.54, 1.807) is 17.9 Å². The number of rotatable bonds is 3. The predicted molar refractivity (Wildman–Crippen MR) is 71.0 cm³/mol. The molecule has 2 amide bonds. The Labute approximate surface area is 115 Å². The zero-order chi connectivity index (χ0) is 14.7. The maximum Gasteiger partial charge on any atom is 0.387 e. The Morgan fingerprint density at radius 3 is 2.85 bits per heavy atom. The molecule has 0 aromatic heterocycles. The van der Waals surface area contributed by atoms with Crippen LogP contribution in [-0.2, 0) is 0 Å². The highest BCUT2D eigenvalue weighted by Crippen LogP contribution is 2.23. The molecule has 0 spiro atoms. The van der Waals surface area contributed by atoms with Crippen molar-refractivity contribution in [1.29, 1.82) is 0 Å². The van der Waals surface area contributed by atoms with Crippen molar-refractivity contribution in [3.05, 3.63) is 23.8 Å². The molecule has 0 bridgehead atoms. The largest absolute Gasteiger partial charge is 0.435 e. The number of aryl methyl sites for hydroxylation is 1. The van der Waals surface area contributed by atoms with Crippen molar-refractivity contribution in [3.63, 3.8) is 0 Å².